The molecule has 1 rings (SSSR count). The van der Waals surface area contributed by atoms with Crippen molar-refractivity contribution in [3.63, 3.8) is 0 Å². The highest BCUT2D eigenvalue weighted by Gasteiger charge is 1.98. The summed E-state index contributed by atoms with van der Waals surface area (Å²) in [6.45, 7) is 2.47. The van der Waals surface area contributed by atoms with Crippen molar-refractivity contribution >= 4 is 11.9 Å². The Hall–Kier alpha value is -1.98. The fourth-order valence-corrected chi connectivity index (χ4v) is 1.18. The van der Waals surface area contributed by atoms with Gasteiger partial charge < -0.3 is 20.8 Å². The lowest BCUT2D eigenvalue weighted by molar-refractivity contribution is 0.531. The summed E-state index contributed by atoms with van der Waals surface area (Å²) in [5, 5.41) is 0. The molecule has 0 radical (unpaired) electrons. The molecule has 0 aliphatic rings. The number of aliphatic imine (C=N–C) groups is 2. The quantitative estimate of drug-likeness (QED) is 0.585. The van der Waals surface area contributed by atoms with Crippen molar-refractivity contribution < 1.29 is 4.42 Å². The first-order valence-corrected chi connectivity index (χ1v) is 5.34. The van der Waals surface area contributed by atoms with Crippen LogP contribution in [0.4, 0.5) is 0 Å². The van der Waals surface area contributed by atoms with Crippen LogP contribution >= 0.6 is 0 Å². The number of nitrogens with zero attached hydrogens (tertiary/aromatic N) is 3. The van der Waals surface area contributed by atoms with Crippen molar-refractivity contribution in [2.24, 2.45) is 21.5 Å². The Morgan fingerprint density at radius 1 is 1.41 bits per heavy atom. The van der Waals surface area contributed by atoms with E-state index < -0.39 is 0 Å². The van der Waals surface area contributed by atoms with E-state index in [9.17, 15) is 0 Å². The van der Waals surface area contributed by atoms with E-state index in [-0.39, 0.29) is 5.96 Å². The van der Waals surface area contributed by atoms with Gasteiger partial charge in [-0.3, -0.25) is 4.99 Å². The van der Waals surface area contributed by atoms with Crippen LogP contribution in [0.2, 0.25) is 0 Å². The van der Waals surface area contributed by atoms with E-state index in [0.717, 1.165) is 17.7 Å². The van der Waals surface area contributed by atoms with Gasteiger partial charge in [0.05, 0.1) is 6.26 Å². The molecule has 0 atom stereocenters. The van der Waals surface area contributed by atoms with Crippen LogP contribution in [0.1, 0.15) is 11.3 Å². The minimum Gasteiger partial charge on any atom is -0.469 e. The van der Waals surface area contributed by atoms with Crippen molar-refractivity contribution in [3.8, 4) is 0 Å². The molecule has 0 aliphatic carbocycles. The maximum Gasteiger partial charge on any atom is 0.218 e. The summed E-state index contributed by atoms with van der Waals surface area (Å²) < 4.78 is 5.18. The Morgan fingerprint density at radius 3 is 2.65 bits per heavy atom. The molecule has 0 saturated carbocycles. The average molecular weight is 237 g/mol. The van der Waals surface area contributed by atoms with Gasteiger partial charge in [-0.2, -0.15) is 4.99 Å². The van der Waals surface area contributed by atoms with Crippen LogP contribution in [-0.2, 0) is 6.42 Å². The third kappa shape index (κ3) is 4.58. The first-order chi connectivity index (χ1) is 7.99. The molecule has 0 unspecified atom stereocenters. The second kappa shape index (κ2) is 5.93. The Balaban J connectivity index is 2.46. The lowest BCUT2D eigenvalue weighted by Gasteiger charge is -2.09. The lowest BCUT2D eigenvalue weighted by Crippen LogP contribution is -2.32. The summed E-state index contributed by atoms with van der Waals surface area (Å²) in [5.41, 5.74) is 12.3. The molecule has 6 nitrogen and oxygen atoms in total. The molecular formula is C11H19N5O. The van der Waals surface area contributed by atoms with Gasteiger partial charge in [0.1, 0.15) is 5.76 Å². The highest BCUT2D eigenvalue weighted by molar-refractivity contribution is 5.93. The topological polar surface area (TPSA) is 93.1 Å². The highest BCUT2D eigenvalue weighted by Crippen LogP contribution is 2.06. The molecule has 6 heteroatoms. The Labute approximate surface area is 101 Å². The molecule has 0 amide bonds. The van der Waals surface area contributed by atoms with E-state index in [1.807, 2.05) is 13.0 Å². The van der Waals surface area contributed by atoms with Crippen molar-refractivity contribution in [2.45, 2.75) is 13.3 Å². The zero-order valence-corrected chi connectivity index (χ0v) is 10.5. The van der Waals surface area contributed by atoms with Crippen LogP contribution in [0.15, 0.2) is 26.7 Å². The zero-order valence-electron chi connectivity index (χ0n) is 10.5. The summed E-state index contributed by atoms with van der Waals surface area (Å²) in [4.78, 5) is 9.72. The molecule has 0 aromatic carbocycles. The maximum absolute atomic E-state index is 5.61. The number of guanidine groups is 2. The second-order valence-corrected chi connectivity index (χ2v) is 3.92. The number of nitrogens with two attached hydrogens (primary N) is 2. The maximum atomic E-state index is 5.61. The largest absolute Gasteiger partial charge is 0.469 e. The third-order valence-electron chi connectivity index (χ3n) is 2.15. The Morgan fingerprint density at radius 2 is 2.12 bits per heavy atom. The van der Waals surface area contributed by atoms with Crippen molar-refractivity contribution in [1.29, 1.82) is 0 Å². The minimum absolute atomic E-state index is 0.191. The highest BCUT2D eigenvalue weighted by atomic mass is 16.3. The van der Waals surface area contributed by atoms with Gasteiger partial charge in [-0.1, -0.05) is 0 Å². The van der Waals surface area contributed by atoms with E-state index >= 15 is 0 Å². The molecule has 4 N–H and O–H groups in total. The molecule has 0 spiro atoms. The van der Waals surface area contributed by atoms with Crippen LogP contribution in [0, 0.1) is 6.92 Å². The minimum atomic E-state index is 0.191. The van der Waals surface area contributed by atoms with Crippen molar-refractivity contribution in [3.05, 3.63) is 23.7 Å². The Kier molecular flexibility index (Phi) is 4.56. The SMILES string of the molecule is Cc1cc(CCN=C(N)N=C(N)N(C)C)co1. The van der Waals surface area contributed by atoms with Gasteiger partial charge >= 0.3 is 0 Å². The Bertz CT molecular complexity index is 419. The van der Waals surface area contributed by atoms with E-state index in [0.29, 0.717) is 12.5 Å². The van der Waals surface area contributed by atoms with Gasteiger partial charge in [-0.25, -0.2) is 0 Å². The van der Waals surface area contributed by atoms with Gasteiger partial charge in [0, 0.05) is 20.6 Å². The predicted octanol–water partition coefficient (Wildman–Crippen LogP) is 0.322. The van der Waals surface area contributed by atoms with E-state index in [1.165, 1.54) is 0 Å². The van der Waals surface area contributed by atoms with Crippen molar-refractivity contribution in [2.75, 3.05) is 20.6 Å². The summed E-state index contributed by atoms with van der Waals surface area (Å²) in [6, 6.07) is 1.98. The molecule has 0 fully saturated rings. The monoisotopic (exact) mass is 237 g/mol. The first-order valence-electron chi connectivity index (χ1n) is 5.34. The molecule has 0 saturated heterocycles. The summed E-state index contributed by atoms with van der Waals surface area (Å²) in [5.74, 6) is 1.42. The van der Waals surface area contributed by atoms with Crippen LogP contribution in [0.5, 0.6) is 0 Å². The number of hydrogen-bond acceptors (Lipinski definition) is 2. The number of hydrogen-bond donors (Lipinski definition) is 2. The molecular weight excluding hydrogens is 218 g/mol. The summed E-state index contributed by atoms with van der Waals surface area (Å²) in [7, 11) is 3.58. The summed E-state index contributed by atoms with van der Waals surface area (Å²) in [6.07, 6.45) is 2.49. The smallest absolute Gasteiger partial charge is 0.218 e. The van der Waals surface area contributed by atoms with Gasteiger partial charge in [0.2, 0.25) is 5.96 Å². The first kappa shape index (κ1) is 13.1. The molecule has 17 heavy (non-hydrogen) atoms. The second-order valence-electron chi connectivity index (χ2n) is 3.92. The summed E-state index contributed by atoms with van der Waals surface area (Å²) >= 11 is 0. The molecule has 1 heterocycles. The predicted molar refractivity (Wildman–Crippen MR) is 68.9 cm³/mol. The fourth-order valence-electron chi connectivity index (χ4n) is 1.18. The van der Waals surface area contributed by atoms with E-state index in [2.05, 4.69) is 9.98 Å². The zero-order chi connectivity index (χ0) is 12.8. The molecule has 0 aliphatic heterocycles. The lowest BCUT2D eigenvalue weighted by atomic mass is 10.2. The fraction of sp³-hybridized carbons (Fsp3) is 0.455. The third-order valence-corrected chi connectivity index (χ3v) is 2.15. The van der Waals surface area contributed by atoms with Gasteiger partial charge in [0.15, 0.2) is 5.96 Å². The van der Waals surface area contributed by atoms with Crippen LogP contribution < -0.4 is 11.5 Å². The van der Waals surface area contributed by atoms with Gasteiger partial charge in [-0.15, -0.1) is 0 Å². The van der Waals surface area contributed by atoms with Gasteiger partial charge in [0.25, 0.3) is 0 Å². The van der Waals surface area contributed by atoms with E-state index in [4.69, 9.17) is 15.9 Å². The number of rotatable bonds is 3. The molecule has 94 valence electrons. The molecule has 1 aromatic heterocycles. The van der Waals surface area contributed by atoms with Crippen molar-refractivity contribution in [1.82, 2.24) is 4.90 Å². The van der Waals surface area contributed by atoms with Crippen LogP contribution in [-0.4, -0.2) is 37.5 Å². The molecule has 0 bridgehead atoms. The van der Waals surface area contributed by atoms with Gasteiger partial charge in [-0.05, 0) is 25.0 Å². The average Bonchev–Trinajstić information content (AvgIpc) is 2.64. The van der Waals surface area contributed by atoms with E-state index in [1.54, 1.807) is 25.3 Å². The molecule has 1 aromatic rings. The number of furan rings is 1. The standard InChI is InChI=1S/C11H19N5O/c1-8-6-9(7-17-8)4-5-14-10(12)15-11(13)16(2)3/h6-7H,4-5H2,1-3H3,(H4,12,13,14,15). The normalized spacial score (nSPS) is 12.9. The number of aryl methyl sites for hydroxylation is 1. The van der Waals surface area contributed by atoms with Crippen LogP contribution in [0.3, 0.4) is 0 Å². The van der Waals surface area contributed by atoms with Crippen LogP contribution in [0.25, 0.3) is 0 Å².